The minimum atomic E-state index is 0.169. The van der Waals surface area contributed by atoms with E-state index >= 15 is 0 Å². The second kappa shape index (κ2) is 5.46. The van der Waals surface area contributed by atoms with Crippen molar-refractivity contribution in [2.24, 2.45) is 0 Å². The Morgan fingerprint density at radius 3 is 3.00 bits per heavy atom. The van der Waals surface area contributed by atoms with Crippen molar-refractivity contribution >= 4 is 11.0 Å². The van der Waals surface area contributed by atoms with Crippen molar-refractivity contribution in [3.8, 4) is 0 Å². The minimum Gasteiger partial charge on any atom is -0.341 e. The number of nitrogens with one attached hydrogen (secondary N) is 2. The van der Waals surface area contributed by atoms with Crippen molar-refractivity contribution in [3.63, 3.8) is 0 Å². The van der Waals surface area contributed by atoms with Crippen LogP contribution in [-0.2, 0) is 13.1 Å². The summed E-state index contributed by atoms with van der Waals surface area (Å²) in [6, 6.07) is 8.26. The van der Waals surface area contributed by atoms with Crippen molar-refractivity contribution in [3.05, 3.63) is 48.3 Å². The summed E-state index contributed by atoms with van der Waals surface area (Å²) in [5.41, 5.74) is 3.28. The van der Waals surface area contributed by atoms with Gasteiger partial charge in [-0.05, 0) is 26.0 Å². The standard InChI is InChI=1S/C15H19N5/c1-3-20-10-16-8-12(20)9-17-11(2)15-18-13-6-4-5-7-14(13)19-15/h4-8,10-11,17H,3,9H2,1-2H3,(H,18,19). The number of aromatic nitrogens is 4. The summed E-state index contributed by atoms with van der Waals surface area (Å²) >= 11 is 0. The Balaban J connectivity index is 1.71. The van der Waals surface area contributed by atoms with Crippen LogP contribution < -0.4 is 5.32 Å². The Kier molecular flexibility index (Phi) is 3.52. The zero-order valence-electron chi connectivity index (χ0n) is 11.8. The van der Waals surface area contributed by atoms with E-state index in [0.29, 0.717) is 0 Å². The van der Waals surface area contributed by atoms with Gasteiger partial charge in [0.2, 0.25) is 0 Å². The molecule has 0 spiro atoms. The molecule has 2 heterocycles. The van der Waals surface area contributed by atoms with Gasteiger partial charge in [0, 0.05) is 19.3 Å². The second-order valence-electron chi connectivity index (χ2n) is 4.91. The highest BCUT2D eigenvalue weighted by atomic mass is 15.1. The molecular formula is C15H19N5. The predicted molar refractivity (Wildman–Crippen MR) is 79.2 cm³/mol. The fourth-order valence-electron chi connectivity index (χ4n) is 2.31. The molecule has 2 aromatic heterocycles. The van der Waals surface area contributed by atoms with Crippen LogP contribution in [0.25, 0.3) is 11.0 Å². The first kappa shape index (κ1) is 12.9. The molecule has 1 unspecified atom stereocenters. The van der Waals surface area contributed by atoms with E-state index in [1.165, 1.54) is 5.69 Å². The van der Waals surface area contributed by atoms with Gasteiger partial charge < -0.3 is 14.9 Å². The van der Waals surface area contributed by atoms with Gasteiger partial charge in [0.25, 0.3) is 0 Å². The first-order chi connectivity index (χ1) is 9.78. The quantitative estimate of drug-likeness (QED) is 0.748. The predicted octanol–water partition coefficient (Wildman–Crippen LogP) is 2.63. The number of aryl methyl sites for hydroxylation is 1. The lowest BCUT2D eigenvalue weighted by Crippen LogP contribution is -2.20. The molecule has 104 valence electrons. The summed E-state index contributed by atoms with van der Waals surface area (Å²) in [7, 11) is 0. The SMILES string of the molecule is CCn1cncc1CNC(C)c1nc2ccccc2[nH]1. The highest BCUT2D eigenvalue weighted by Gasteiger charge is 2.11. The largest absolute Gasteiger partial charge is 0.341 e. The molecule has 3 rings (SSSR count). The highest BCUT2D eigenvalue weighted by molar-refractivity contribution is 5.74. The zero-order valence-corrected chi connectivity index (χ0v) is 11.8. The van der Waals surface area contributed by atoms with Crippen molar-refractivity contribution in [2.75, 3.05) is 0 Å². The van der Waals surface area contributed by atoms with E-state index in [1.54, 1.807) is 0 Å². The number of fused-ring (bicyclic) bond motifs is 1. The number of imidazole rings is 2. The van der Waals surface area contributed by atoms with E-state index in [2.05, 4.69) is 38.7 Å². The number of hydrogen-bond acceptors (Lipinski definition) is 3. The van der Waals surface area contributed by atoms with Crippen LogP contribution in [0.4, 0.5) is 0 Å². The van der Waals surface area contributed by atoms with Crippen LogP contribution in [0, 0.1) is 0 Å². The number of benzene rings is 1. The molecule has 1 atom stereocenters. The Morgan fingerprint density at radius 1 is 1.35 bits per heavy atom. The minimum absolute atomic E-state index is 0.169. The second-order valence-corrected chi connectivity index (χ2v) is 4.91. The van der Waals surface area contributed by atoms with Gasteiger partial charge in [-0.25, -0.2) is 9.97 Å². The van der Waals surface area contributed by atoms with Crippen LogP contribution in [0.3, 0.4) is 0 Å². The zero-order chi connectivity index (χ0) is 13.9. The Labute approximate surface area is 118 Å². The molecule has 0 aliphatic carbocycles. The molecule has 5 nitrogen and oxygen atoms in total. The average molecular weight is 269 g/mol. The van der Waals surface area contributed by atoms with Crippen molar-refractivity contribution in [1.82, 2.24) is 24.8 Å². The van der Waals surface area contributed by atoms with Gasteiger partial charge >= 0.3 is 0 Å². The number of nitrogens with zero attached hydrogens (tertiary/aromatic N) is 3. The lowest BCUT2D eigenvalue weighted by Gasteiger charge is -2.12. The lowest BCUT2D eigenvalue weighted by molar-refractivity contribution is 0.532. The van der Waals surface area contributed by atoms with E-state index in [9.17, 15) is 0 Å². The molecule has 0 radical (unpaired) electrons. The maximum Gasteiger partial charge on any atom is 0.124 e. The van der Waals surface area contributed by atoms with Crippen LogP contribution in [0.2, 0.25) is 0 Å². The van der Waals surface area contributed by atoms with Gasteiger partial charge in [-0.15, -0.1) is 0 Å². The lowest BCUT2D eigenvalue weighted by atomic mass is 10.3. The van der Waals surface area contributed by atoms with Crippen molar-refractivity contribution in [2.45, 2.75) is 33.0 Å². The van der Waals surface area contributed by atoms with Crippen molar-refractivity contribution in [1.29, 1.82) is 0 Å². The normalized spacial score (nSPS) is 12.9. The summed E-state index contributed by atoms with van der Waals surface area (Å²) in [5.74, 6) is 0.966. The Morgan fingerprint density at radius 2 is 2.20 bits per heavy atom. The van der Waals surface area contributed by atoms with E-state index in [0.717, 1.165) is 29.9 Å². The first-order valence-corrected chi connectivity index (χ1v) is 6.95. The Hall–Kier alpha value is -2.14. The van der Waals surface area contributed by atoms with Gasteiger partial charge in [0.15, 0.2) is 0 Å². The number of para-hydroxylation sites is 2. The highest BCUT2D eigenvalue weighted by Crippen LogP contribution is 2.15. The third kappa shape index (κ3) is 2.44. The topological polar surface area (TPSA) is 58.5 Å². The van der Waals surface area contributed by atoms with Crippen LogP contribution in [-0.4, -0.2) is 19.5 Å². The fraction of sp³-hybridized carbons (Fsp3) is 0.333. The van der Waals surface area contributed by atoms with Crippen LogP contribution in [0.15, 0.2) is 36.8 Å². The maximum absolute atomic E-state index is 4.61. The van der Waals surface area contributed by atoms with Crippen LogP contribution in [0.5, 0.6) is 0 Å². The molecule has 0 fully saturated rings. The van der Waals surface area contributed by atoms with Gasteiger partial charge in [-0.2, -0.15) is 0 Å². The fourth-order valence-corrected chi connectivity index (χ4v) is 2.31. The molecule has 1 aromatic carbocycles. The molecule has 0 saturated carbocycles. The molecular weight excluding hydrogens is 250 g/mol. The van der Waals surface area contributed by atoms with Gasteiger partial charge in [-0.3, -0.25) is 0 Å². The van der Waals surface area contributed by atoms with E-state index in [1.807, 2.05) is 36.8 Å². The number of H-pyrrole nitrogens is 1. The first-order valence-electron chi connectivity index (χ1n) is 6.95. The van der Waals surface area contributed by atoms with E-state index in [4.69, 9.17) is 0 Å². The number of aromatic amines is 1. The van der Waals surface area contributed by atoms with Crippen LogP contribution >= 0.6 is 0 Å². The molecule has 20 heavy (non-hydrogen) atoms. The summed E-state index contributed by atoms with van der Waals surface area (Å²) < 4.78 is 2.14. The van der Waals surface area contributed by atoms with E-state index < -0.39 is 0 Å². The van der Waals surface area contributed by atoms with Gasteiger partial charge in [0.1, 0.15) is 5.82 Å². The van der Waals surface area contributed by atoms with Gasteiger partial charge in [-0.1, -0.05) is 12.1 Å². The molecule has 5 heteroatoms. The summed E-state index contributed by atoms with van der Waals surface area (Å²) in [6.07, 6.45) is 3.77. The molecule has 0 aliphatic heterocycles. The summed E-state index contributed by atoms with van der Waals surface area (Å²) in [4.78, 5) is 12.2. The van der Waals surface area contributed by atoms with E-state index in [-0.39, 0.29) is 6.04 Å². The third-order valence-electron chi connectivity index (χ3n) is 3.55. The average Bonchev–Trinajstić information content (AvgIpc) is 3.10. The molecule has 0 bridgehead atoms. The number of rotatable bonds is 5. The molecule has 0 saturated heterocycles. The monoisotopic (exact) mass is 269 g/mol. The van der Waals surface area contributed by atoms with Gasteiger partial charge in [0.05, 0.1) is 29.1 Å². The molecule has 0 aliphatic rings. The smallest absolute Gasteiger partial charge is 0.124 e. The number of hydrogen-bond donors (Lipinski definition) is 2. The maximum atomic E-state index is 4.61. The third-order valence-corrected chi connectivity index (χ3v) is 3.55. The summed E-state index contributed by atoms with van der Waals surface area (Å²) in [5, 5.41) is 3.48. The van der Waals surface area contributed by atoms with Crippen LogP contribution in [0.1, 0.15) is 31.4 Å². The Bertz CT molecular complexity index is 664. The molecule has 2 N–H and O–H groups in total. The summed E-state index contributed by atoms with van der Waals surface area (Å²) in [6.45, 7) is 5.96. The van der Waals surface area contributed by atoms with Crippen molar-refractivity contribution < 1.29 is 0 Å². The molecule has 3 aromatic rings. The molecule has 0 amide bonds.